The highest BCUT2D eigenvalue weighted by molar-refractivity contribution is 5.95. The highest BCUT2D eigenvalue weighted by atomic mass is 16.5. The van der Waals surface area contributed by atoms with Gasteiger partial charge in [-0.15, -0.1) is 0 Å². The molecule has 1 aliphatic rings. The summed E-state index contributed by atoms with van der Waals surface area (Å²) in [5.74, 6) is -0.604. The maximum absolute atomic E-state index is 12.6. The molecule has 1 amide bonds. The summed E-state index contributed by atoms with van der Waals surface area (Å²) in [5.41, 5.74) is 1.12. The molecule has 0 bridgehead atoms. The minimum absolute atomic E-state index is 0.0412. The van der Waals surface area contributed by atoms with Crippen molar-refractivity contribution in [2.45, 2.75) is 32.8 Å². The Balaban J connectivity index is 2.25. The van der Waals surface area contributed by atoms with Crippen molar-refractivity contribution >= 4 is 11.9 Å². The first-order valence-electron chi connectivity index (χ1n) is 6.87. The van der Waals surface area contributed by atoms with Crippen molar-refractivity contribution in [1.82, 2.24) is 14.9 Å². The maximum Gasteiger partial charge on any atom is 0.334 e. The van der Waals surface area contributed by atoms with Gasteiger partial charge in [-0.05, 0) is 12.8 Å². The van der Waals surface area contributed by atoms with E-state index in [1.54, 1.807) is 6.92 Å². The van der Waals surface area contributed by atoms with Crippen molar-refractivity contribution in [3.8, 4) is 0 Å². The van der Waals surface area contributed by atoms with Gasteiger partial charge in [-0.2, -0.15) is 0 Å². The smallest absolute Gasteiger partial charge is 0.334 e. The van der Waals surface area contributed by atoms with E-state index in [4.69, 9.17) is 9.84 Å². The Hall–Kier alpha value is -2.02. The molecule has 1 N–H and O–H groups in total. The molecule has 1 fully saturated rings. The molecule has 0 radical (unpaired) electrons. The van der Waals surface area contributed by atoms with E-state index in [-0.39, 0.29) is 25.0 Å². The molecule has 2 heterocycles. The molecular weight excluding hydrogens is 274 g/mol. The number of hydrogen-bond donors (Lipinski definition) is 1. The van der Waals surface area contributed by atoms with Crippen LogP contribution < -0.4 is 0 Å². The van der Waals surface area contributed by atoms with Crippen molar-refractivity contribution < 1.29 is 19.4 Å². The van der Waals surface area contributed by atoms with Crippen LogP contribution in [0.5, 0.6) is 0 Å². The number of morpholine rings is 1. The van der Waals surface area contributed by atoms with Gasteiger partial charge < -0.3 is 14.7 Å². The summed E-state index contributed by atoms with van der Waals surface area (Å²) >= 11 is 0. The van der Waals surface area contributed by atoms with Crippen molar-refractivity contribution in [2.24, 2.45) is 0 Å². The second-order valence-electron chi connectivity index (χ2n) is 5.32. The van der Waals surface area contributed by atoms with E-state index in [2.05, 4.69) is 9.97 Å². The van der Waals surface area contributed by atoms with Crippen LogP contribution in [0.25, 0.3) is 0 Å². The Morgan fingerprint density at radius 3 is 2.81 bits per heavy atom. The molecule has 0 saturated carbocycles. The molecule has 0 aromatic carbocycles. The summed E-state index contributed by atoms with van der Waals surface area (Å²) in [5, 5.41) is 9.00. The predicted molar refractivity (Wildman–Crippen MR) is 74.1 cm³/mol. The minimum atomic E-state index is -1.06. The van der Waals surface area contributed by atoms with E-state index >= 15 is 0 Å². The van der Waals surface area contributed by atoms with E-state index in [0.717, 1.165) is 0 Å². The van der Waals surface area contributed by atoms with Crippen LogP contribution in [0.2, 0.25) is 0 Å². The number of amides is 1. The fourth-order valence-electron chi connectivity index (χ4n) is 2.25. The number of carboxylic acid groups (broad SMARTS) is 1. The number of aliphatic carboxylic acids is 1. The quantitative estimate of drug-likeness (QED) is 0.887. The van der Waals surface area contributed by atoms with E-state index in [1.807, 2.05) is 13.8 Å². The Morgan fingerprint density at radius 2 is 2.19 bits per heavy atom. The summed E-state index contributed by atoms with van der Waals surface area (Å²) in [6.07, 6.45) is 0.544. The van der Waals surface area contributed by atoms with Crippen molar-refractivity contribution in [1.29, 1.82) is 0 Å². The maximum atomic E-state index is 12.6. The summed E-state index contributed by atoms with van der Waals surface area (Å²) in [6, 6.07) is 0. The summed E-state index contributed by atoms with van der Waals surface area (Å²) < 4.78 is 5.13. The van der Waals surface area contributed by atoms with Crippen LogP contribution in [-0.2, 0) is 9.53 Å². The van der Waals surface area contributed by atoms with Crippen LogP contribution >= 0.6 is 0 Å². The lowest BCUT2D eigenvalue weighted by Gasteiger charge is -2.31. The fourth-order valence-corrected chi connectivity index (χ4v) is 2.25. The molecule has 0 aliphatic carbocycles. The number of hydrogen-bond acceptors (Lipinski definition) is 5. The second kappa shape index (κ2) is 6.17. The van der Waals surface area contributed by atoms with Crippen LogP contribution in [-0.4, -0.2) is 57.7 Å². The molecule has 1 aliphatic heterocycles. The normalized spacial score (nSPS) is 18.9. The third-order valence-electron chi connectivity index (χ3n) is 3.35. The predicted octanol–water partition coefficient (Wildman–Crippen LogP) is 0.834. The first kappa shape index (κ1) is 15.4. The summed E-state index contributed by atoms with van der Waals surface area (Å²) in [4.78, 5) is 33.5. The van der Waals surface area contributed by atoms with Gasteiger partial charge in [-0.25, -0.2) is 14.8 Å². The molecule has 21 heavy (non-hydrogen) atoms. The van der Waals surface area contributed by atoms with Crippen LogP contribution in [0.3, 0.4) is 0 Å². The average Bonchev–Trinajstić information content (AvgIpc) is 2.46. The Kier molecular flexibility index (Phi) is 4.52. The average molecular weight is 293 g/mol. The molecule has 0 spiro atoms. The lowest BCUT2D eigenvalue weighted by molar-refractivity contribution is -0.154. The van der Waals surface area contributed by atoms with Gasteiger partial charge in [-0.1, -0.05) is 13.8 Å². The molecule has 114 valence electrons. The van der Waals surface area contributed by atoms with Crippen LogP contribution in [0, 0.1) is 6.92 Å². The molecule has 0 unspecified atom stereocenters. The summed E-state index contributed by atoms with van der Waals surface area (Å²) in [7, 11) is 0. The zero-order valence-electron chi connectivity index (χ0n) is 12.4. The monoisotopic (exact) mass is 293 g/mol. The molecule has 1 aromatic heterocycles. The number of ether oxygens (including phenoxy) is 1. The lowest BCUT2D eigenvalue weighted by Crippen LogP contribution is -2.48. The highest BCUT2D eigenvalue weighted by Crippen LogP contribution is 2.19. The molecule has 7 heteroatoms. The highest BCUT2D eigenvalue weighted by Gasteiger charge is 2.31. The molecule has 1 saturated heterocycles. The second-order valence-corrected chi connectivity index (χ2v) is 5.32. The third-order valence-corrected chi connectivity index (χ3v) is 3.35. The van der Waals surface area contributed by atoms with Gasteiger partial charge in [0.25, 0.3) is 5.91 Å². The van der Waals surface area contributed by atoms with Crippen LogP contribution in [0.1, 0.15) is 41.6 Å². The van der Waals surface area contributed by atoms with Crippen molar-refractivity contribution in [2.75, 3.05) is 19.7 Å². The number of carbonyl (C=O) groups excluding carboxylic acids is 1. The SMILES string of the molecule is Cc1ncc(C(=O)N2CCO[C@H](C(=O)O)C2)c(C(C)C)n1. The van der Waals surface area contributed by atoms with Gasteiger partial charge >= 0.3 is 5.97 Å². The van der Waals surface area contributed by atoms with Crippen LogP contribution in [0.15, 0.2) is 6.20 Å². The van der Waals surface area contributed by atoms with E-state index < -0.39 is 12.1 Å². The number of aryl methyl sites for hydroxylation is 1. The van der Waals surface area contributed by atoms with Gasteiger partial charge in [-0.3, -0.25) is 4.79 Å². The molecular formula is C14H19N3O4. The largest absolute Gasteiger partial charge is 0.479 e. The van der Waals surface area contributed by atoms with E-state index in [9.17, 15) is 9.59 Å². The standard InChI is InChI=1S/C14H19N3O4/c1-8(2)12-10(6-15-9(3)16-12)13(18)17-4-5-21-11(7-17)14(19)20/h6,8,11H,4-5,7H2,1-3H3,(H,19,20)/t11-/m0/s1. The fraction of sp³-hybridized carbons (Fsp3) is 0.571. The van der Waals surface area contributed by atoms with Gasteiger partial charge in [0, 0.05) is 12.7 Å². The lowest BCUT2D eigenvalue weighted by atomic mass is 10.0. The molecule has 7 nitrogen and oxygen atoms in total. The first-order chi connectivity index (χ1) is 9.90. The Morgan fingerprint density at radius 1 is 1.48 bits per heavy atom. The number of nitrogens with zero attached hydrogens (tertiary/aromatic N) is 3. The number of carbonyl (C=O) groups is 2. The van der Waals surface area contributed by atoms with Gasteiger partial charge in [0.05, 0.1) is 24.4 Å². The van der Waals surface area contributed by atoms with E-state index in [1.165, 1.54) is 11.1 Å². The zero-order valence-corrected chi connectivity index (χ0v) is 12.4. The molecule has 1 aromatic rings. The zero-order chi connectivity index (χ0) is 15.6. The Labute approximate surface area is 123 Å². The molecule has 1 atom stereocenters. The van der Waals surface area contributed by atoms with Crippen molar-refractivity contribution in [3.05, 3.63) is 23.3 Å². The van der Waals surface area contributed by atoms with Gasteiger partial charge in [0.1, 0.15) is 5.82 Å². The molecule has 2 rings (SSSR count). The topological polar surface area (TPSA) is 92.6 Å². The van der Waals surface area contributed by atoms with E-state index in [0.29, 0.717) is 23.6 Å². The Bertz CT molecular complexity index is 559. The van der Waals surface area contributed by atoms with Crippen molar-refractivity contribution in [3.63, 3.8) is 0 Å². The van der Waals surface area contributed by atoms with Crippen LogP contribution in [0.4, 0.5) is 0 Å². The number of carboxylic acids is 1. The summed E-state index contributed by atoms with van der Waals surface area (Å²) in [6.45, 7) is 6.31. The third kappa shape index (κ3) is 3.36. The first-order valence-corrected chi connectivity index (χ1v) is 6.87. The van der Waals surface area contributed by atoms with Gasteiger partial charge in [0.15, 0.2) is 6.10 Å². The minimum Gasteiger partial charge on any atom is -0.479 e. The van der Waals surface area contributed by atoms with Gasteiger partial charge in [0.2, 0.25) is 0 Å². The number of rotatable bonds is 3. The number of aromatic nitrogens is 2.